The first-order valence-electron chi connectivity index (χ1n) is 7.63. The van der Waals surface area contributed by atoms with Gasteiger partial charge in [0, 0.05) is 29.2 Å². The summed E-state index contributed by atoms with van der Waals surface area (Å²) < 4.78 is 1.92. The minimum absolute atomic E-state index is 0.000699. The summed E-state index contributed by atoms with van der Waals surface area (Å²) >= 11 is 1.29. The molecule has 6 heteroatoms. The number of para-hydroxylation sites is 1. The van der Waals surface area contributed by atoms with E-state index in [1.165, 1.54) is 11.3 Å². The molecular weight excluding hydrogens is 324 g/mol. The van der Waals surface area contributed by atoms with Crippen molar-refractivity contribution in [1.29, 1.82) is 0 Å². The van der Waals surface area contributed by atoms with Crippen molar-refractivity contribution in [3.63, 3.8) is 0 Å². The molecule has 0 fully saturated rings. The number of carbonyl (C=O) groups is 2. The number of ketones is 1. The number of aryl methyl sites for hydroxylation is 1. The number of fused-ring (bicyclic) bond motifs is 1. The van der Waals surface area contributed by atoms with E-state index in [-0.39, 0.29) is 11.7 Å². The lowest BCUT2D eigenvalue weighted by Crippen LogP contribution is -2.16. The van der Waals surface area contributed by atoms with Crippen molar-refractivity contribution in [2.24, 2.45) is 7.05 Å². The van der Waals surface area contributed by atoms with Crippen molar-refractivity contribution in [2.75, 3.05) is 0 Å². The fourth-order valence-electron chi connectivity index (χ4n) is 2.83. The SMILES string of the molecule is C[C@@H](CC(=O)c1cc2ccccc2n1C)c1ccc(C(=O)NO)s1. The minimum Gasteiger partial charge on any atom is -0.341 e. The van der Waals surface area contributed by atoms with Crippen molar-refractivity contribution in [1.82, 2.24) is 10.0 Å². The highest BCUT2D eigenvalue weighted by Gasteiger charge is 2.19. The summed E-state index contributed by atoms with van der Waals surface area (Å²) in [4.78, 5) is 25.5. The molecule has 0 aliphatic heterocycles. The number of hydrogen-bond acceptors (Lipinski definition) is 4. The summed E-state index contributed by atoms with van der Waals surface area (Å²) in [6, 6.07) is 13.3. The quantitative estimate of drug-likeness (QED) is 0.421. The van der Waals surface area contributed by atoms with Gasteiger partial charge in [-0.3, -0.25) is 14.8 Å². The van der Waals surface area contributed by atoms with E-state index < -0.39 is 5.91 Å². The minimum atomic E-state index is -0.529. The molecule has 124 valence electrons. The van der Waals surface area contributed by atoms with Crippen LogP contribution in [0.15, 0.2) is 42.5 Å². The number of Topliss-reactive ketones (excluding diaryl/α,β-unsaturated/α-hetero) is 1. The molecule has 0 saturated carbocycles. The van der Waals surface area contributed by atoms with Gasteiger partial charge >= 0.3 is 0 Å². The molecule has 2 heterocycles. The smallest absolute Gasteiger partial charge is 0.284 e. The van der Waals surface area contributed by atoms with Gasteiger partial charge < -0.3 is 4.57 Å². The van der Waals surface area contributed by atoms with E-state index in [0.717, 1.165) is 15.8 Å². The zero-order valence-electron chi connectivity index (χ0n) is 13.4. The van der Waals surface area contributed by atoms with Crippen LogP contribution < -0.4 is 5.48 Å². The Bertz CT molecular complexity index is 910. The van der Waals surface area contributed by atoms with Crippen LogP contribution in [0, 0.1) is 0 Å². The van der Waals surface area contributed by atoms with E-state index in [2.05, 4.69) is 0 Å². The molecule has 0 aliphatic rings. The van der Waals surface area contributed by atoms with Gasteiger partial charge in [0.15, 0.2) is 5.78 Å². The number of aromatic nitrogens is 1. The molecule has 0 unspecified atom stereocenters. The van der Waals surface area contributed by atoms with E-state index in [1.807, 2.05) is 54.9 Å². The van der Waals surface area contributed by atoms with Gasteiger partial charge in [0.2, 0.25) is 0 Å². The average Bonchev–Trinajstić information content (AvgIpc) is 3.20. The maximum Gasteiger partial charge on any atom is 0.284 e. The van der Waals surface area contributed by atoms with Gasteiger partial charge in [-0.05, 0) is 30.2 Å². The standard InChI is InChI=1S/C18H18N2O3S/c1-11(16-7-8-17(24-16)18(22)19-23)9-15(21)14-10-12-5-3-4-6-13(12)20(14)2/h3-8,10-11,23H,9H2,1-2H3,(H,19,22)/t11-/m0/s1. The number of nitrogens with zero attached hydrogens (tertiary/aromatic N) is 1. The predicted octanol–water partition coefficient (Wildman–Crippen LogP) is 3.74. The second-order valence-corrected chi connectivity index (χ2v) is 6.93. The first kappa shape index (κ1) is 16.4. The van der Waals surface area contributed by atoms with Crippen LogP contribution in [-0.2, 0) is 7.05 Å². The molecule has 5 nitrogen and oxygen atoms in total. The van der Waals surface area contributed by atoms with Gasteiger partial charge in [-0.25, -0.2) is 5.48 Å². The van der Waals surface area contributed by atoms with Gasteiger partial charge in [-0.15, -0.1) is 11.3 Å². The molecule has 0 aliphatic carbocycles. The van der Waals surface area contributed by atoms with E-state index >= 15 is 0 Å². The number of carbonyl (C=O) groups excluding carboxylic acids is 2. The summed E-state index contributed by atoms with van der Waals surface area (Å²) in [5.74, 6) is -0.457. The number of nitrogens with one attached hydrogen (secondary N) is 1. The van der Waals surface area contributed by atoms with E-state index in [1.54, 1.807) is 11.5 Å². The van der Waals surface area contributed by atoms with Crippen molar-refractivity contribution in [3.05, 3.63) is 57.9 Å². The van der Waals surface area contributed by atoms with Gasteiger partial charge in [-0.1, -0.05) is 25.1 Å². The first-order chi connectivity index (χ1) is 11.5. The highest BCUT2D eigenvalue weighted by molar-refractivity contribution is 7.14. The number of rotatable bonds is 5. The molecule has 0 bridgehead atoms. The van der Waals surface area contributed by atoms with Crippen LogP contribution in [0.1, 0.15) is 44.3 Å². The van der Waals surface area contributed by atoms with Gasteiger partial charge in [0.25, 0.3) is 5.91 Å². The van der Waals surface area contributed by atoms with Crippen LogP contribution in [0.4, 0.5) is 0 Å². The normalized spacial score (nSPS) is 12.3. The second kappa shape index (κ2) is 6.59. The molecule has 1 aromatic carbocycles. The maximum absolute atomic E-state index is 12.7. The topological polar surface area (TPSA) is 71.3 Å². The molecule has 1 amide bonds. The van der Waals surface area contributed by atoms with Crippen molar-refractivity contribution < 1.29 is 14.8 Å². The lowest BCUT2D eigenvalue weighted by atomic mass is 10.0. The highest BCUT2D eigenvalue weighted by Crippen LogP contribution is 2.29. The molecule has 0 saturated heterocycles. The van der Waals surface area contributed by atoms with Gasteiger partial charge in [-0.2, -0.15) is 0 Å². The van der Waals surface area contributed by atoms with E-state index in [4.69, 9.17) is 5.21 Å². The van der Waals surface area contributed by atoms with Crippen LogP contribution in [0.2, 0.25) is 0 Å². The maximum atomic E-state index is 12.7. The highest BCUT2D eigenvalue weighted by atomic mass is 32.1. The summed E-state index contributed by atoms with van der Waals surface area (Å²) in [5.41, 5.74) is 3.35. The molecule has 2 N–H and O–H groups in total. The Hall–Kier alpha value is -2.44. The molecule has 0 radical (unpaired) electrons. The third kappa shape index (κ3) is 2.98. The van der Waals surface area contributed by atoms with Crippen LogP contribution in [-0.4, -0.2) is 21.5 Å². The molecule has 3 aromatic rings. The largest absolute Gasteiger partial charge is 0.341 e. The summed E-state index contributed by atoms with van der Waals surface area (Å²) in [6.45, 7) is 1.97. The Kier molecular flexibility index (Phi) is 4.51. The summed E-state index contributed by atoms with van der Waals surface area (Å²) in [6.07, 6.45) is 0.366. The van der Waals surface area contributed by atoms with E-state index in [0.29, 0.717) is 17.0 Å². The van der Waals surface area contributed by atoms with Gasteiger partial charge in [0.05, 0.1) is 10.6 Å². The summed E-state index contributed by atoms with van der Waals surface area (Å²) in [7, 11) is 1.90. The lowest BCUT2D eigenvalue weighted by Gasteiger charge is -2.09. The Balaban J connectivity index is 1.79. The summed E-state index contributed by atoms with van der Waals surface area (Å²) in [5, 5.41) is 9.73. The van der Waals surface area contributed by atoms with E-state index in [9.17, 15) is 9.59 Å². The molecule has 1 atom stereocenters. The number of thiophene rings is 1. The number of hydrogen-bond donors (Lipinski definition) is 2. The number of amides is 1. The van der Waals surface area contributed by atoms with Crippen molar-refractivity contribution >= 4 is 33.9 Å². The van der Waals surface area contributed by atoms with Crippen LogP contribution in [0.25, 0.3) is 10.9 Å². The Morgan fingerprint density at radius 1 is 1.25 bits per heavy atom. The molecular formula is C18H18N2O3S. The van der Waals surface area contributed by atoms with Gasteiger partial charge in [0.1, 0.15) is 0 Å². The Morgan fingerprint density at radius 2 is 2.00 bits per heavy atom. The predicted molar refractivity (Wildman–Crippen MR) is 93.9 cm³/mol. The zero-order chi connectivity index (χ0) is 17.3. The Labute approximate surface area is 143 Å². The first-order valence-corrected chi connectivity index (χ1v) is 8.44. The number of benzene rings is 1. The van der Waals surface area contributed by atoms with Crippen LogP contribution in [0.5, 0.6) is 0 Å². The third-order valence-corrected chi connectivity index (χ3v) is 5.48. The molecule has 0 spiro atoms. The van der Waals surface area contributed by atoms with Crippen LogP contribution in [0.3, 0.4) is 0 Å². The average molecular weight is 342 g/mol. The van der Waals surface area contributed by atoms with Crippen molar-refractivity contribution in [2.45, 2.75) is 19.3 Å². The zero-order valence-corrected chi connectivity index (χ0v) is 14.3. The third-order valence-electron chi connectivity index (χ3n) is 4.17. The fraction of sp³-hybridized carbons (Fsp3) is 0.222. The molecule has 24 heavy (non-hydrogen) atoms. The van der Waals surface area contributed by atoms with Crippen LogP contribution >= 0.6 is 11.3 Å². The van der Waals surface area contributed by atoms with Crippen molar-refractivity contribution in [3.8, 4) is 0 Å². The molecule has 3 rings (SSSR count). The second-order valence-electron chi connectivity index (χ2n) is 5.82. The monoisotopic (exact) mass is 342 g/mol. The Morgan fingerprint density at radius 3 is 2.71 bits per heavy atom. The lowest BCUT2D eigenvalue weighted by molar-refractivity contribution is 0.0711. The number of hydroxylamine groups is 1. The molecule has 2 aromatic heterocycles. The fourth-order valence-corrected chi connectivity index (χ4v) is 3.78.